The lowest BCUT2D eigenvalue weighted by Gasteiger charge is -2.13. The lowest BCUT2D eigenvalue weighted by Crippen LogP contribution is -2.23. The molecule has 5 heteroatoms. The summed E-state index contributed by atoms with van der Waals surface area (Å²) >= 11 is 0. The van der Waals surface area contributed by atoms with Crippen LogP contribution in [0, 0.1) is 0 Å². The van der Waals surface area contributed by atoms with Crippen molar-refractivity contribution in [2.45, 2.75) is 6.42 Å². The number of pyridine rings is 1. The first kappa shape index (κ1) is 13.1. The van der Waals surface area contributed by atoms with Gasteiger partial charge in [-0.25, -0.2) is 0 Å². The molecule has 0 radical (unpaired) electrons. The highest BCUT2D eigenvalue weighted by atomic mass is 16.2. The Bertz CT molecular complexity index is 595. The third-order valence-corrected chi connectivity index (χ3v) is 3.00. The Labute approximate surface area is 112 Å². The zero-order valence-electron chi connectivity index (χ0n) is 11.2. The largest absolute Gasteiger partial charge is 0.398 e. The van der Waals surface area contributed by atoms with Crippen molar-refractivity contribution in [3.8, 4) is 0 Å². The van der Waals surface area contributed by atoms with Crippen LogP contribution < -0.4 is 11.1 Å². The zero-order valence-corrected chi connectivity index (χ0v) is 11.2. The van der Waals surface area contributed by atoms with Crippen LogP contribution in [0.5, 0.6) is 0 Å². The number of rotatable bonds is 4. The molecule has 0 saturated carbocycles. The molecule has 0 unspecified atom stereocenters. The van der Waals surface area contributed by atoms with Crippen molar-refractivity contribution >= 4 is 28.1 Å². The molecule has 0 aliphatic heterocycles. The topological polar surface area (TPSA) is 71.2 Å². The van der Waals surface area contributed by atoms with Crippen molar-refractivity contribution in [2.24, 2.45) is 0 Å². The van der Waals surface area contributed by atoms with Crippen LogP contribution in [0.1, 0.15) is 6.42 Å². The van der Waals surface area contributed by atoms with E-state index in [0.717, 1.165) is 16.5 Å². The van der Waals surface area contributed by atoms with Crippen molar-refractivity contribution in [1.29, 1.82) is 0 Å². The van der Waals surface area contributed by atoms with Gasteiger partial charge in [0, 0.05) is 61.6 Å². The van der Waals surface area contributed by atoms with E-state index in [1.807, 2.05) is 18.2 Å². The number of hydrogen-bond acceptors (Lipinski definition) is 4. The molecule has 0 spiro atoms. The van der Waals surface area contributed by atoms with Crippen molar-refractivity contribution in [2.75, 3.05) is 31.7 Å². The molecule has 0 fully saturated rings. The SMILES string of the molecule is CN(C)C(=O)CCNc1ccc(N)c2cnccc12. The van der Waals surface area contributed by atoms with Gasteiger partial charge in [0.25, 0.3) is 0 Å². The lowest BCUT2D eigenvalue weighted by atomic mass is 10.1. The van der Waals surface area contributed by atoms with E-state index in [-0.39, 0.29) is 5.91 Å². The van der Waals surface area contributed by atoms with E-state index in [2.05, 4.69) is 10.3 Å². The quantitative estimate of drug-likeness (QED) is 0.819. The van der Waals surface area contributed by atoms with E-state index in [1.165, 1.54) is 0 Å². The van der Waals surface area contributed by atoms with Gasteiger partial charge in [0.1, 0.15) is 0 Å². The second-order valence-electron chi connectivity index (χ2n) is 4.59. The van der Waals surface area contributed by atoms with Gasteiger partial charge in [0.15, 0.2) is 0 Å². The third-order valence-electron chi connectivity index (χ3n) is 3.00. The molecule has 19 heavy (non-hydrogen) atoms. The van der Waals surface area contributed by atoms with E-state index in [0.29, 0.717) is 18.7 Å². The number of nitrogens with two attached hydrogens (primary N) is 1. The van der Waals surface area contributed by atoms with Crippen LogP contribution in [0.25, 0.3) is 10.8 Å². The predicted octanol–water partition coefficient (Wildman–Crippen LogP) is 1.71. The monoisotopic (exact) mass is 258 g/mol. The highest BCUT2D eigenvalue weighted by Gasteiger charge is 2.06. The summed E-state index contributed by atoms with van der Waals surface area (Å²) in [6.45, 7) is 0.596. The summed E-state index contributed by atoms with van der Waals surface area (Å²) in [6, 6.07) is 5.69. The number of hydrogen-bond donors (Lipinski definition) is 2. The maximum Gasteiger partial charge on any atom is 0.223 e. The van der Waals surface area contributed by atoms with Gasteiger partial charge < -0.3 is 16.0 Å². The van der Waals surface area contributed by atoms with Gasteiger partial charge in [-0.15, -0.1) is 0 Å². The van der Waals surface area contributed by atoms with Gasteiger partial charge >= 0.3 is 0 Å². The summed E-state index contributed by atoms with van der Waals surface area (Å²) in [5.74, 6) is 0.105. The van der Waals surface area contributed by atoms with Gasteiger partial charge in [-0.2, -0.15) is 0 Å². The van der Waals surface area contributed by atoms with Gasteiger partial charge in [-0.05, 0) is 18.2 Å². The molecule has 100 valence electrons. The van der Waals surface area contributed by atoms with Gasteiger partial charge in [-0.3, -0.25) is 9.78 Å². The third kappa shape index (κ3) is 2.93. The molecule has 2 aromatic rings. The maximum atomic E-state index is 11.5. The lowest BCUT2D eigenvalue weighted by molar-refractivity contribution is -0.128. The molecule has 1 aromatic heterocycles. The Hall–Kier alpha value is -2.30. The van der Waals surface area contributed by atoms with E-state index in [9.17, 15) is 4.79 Å². The smallest absolute Gasteiger partial charge is 0.223 e. The summed E-state index contributed by atoms with van der Waals surface area (Å²) in [5.41, 5.74) is 7.59. The van der Waals surface area contributed by atoms with E-state index >= 15 is 0 Å². The molecule has 0 saturated heterocycles. The Balaban J connectivity index is 2.13. The molecule has 3 N–H and O–H groups in total. The highest BCUT2D eigenvalue weighted by molar-refractivity contribution is 6.00. The Kier molecular flexibility index (Phi) is 3.85. The van der Waals surface area contributed by atoms with Gasteiger partial charge in [0.05, 0.1) is 0 Å². The highest BCUT2D eigenvalue weighted by Crippen LogP contribution is 2.27. The van der Waals surface area contributed by atoms with Crippen LogP contribution in [-0.2, 0) is 4.79 Å². The maximum absolute atomic E-state index is 11.5. The van der Waals surface area contributed by atoms with Gasteiger partial charge in [-0.1, -0.05) is 0 Å². The number of nitrogens with zero attached hydrogens (tertiary/aromatic N) is 2. The van der Waals surface area contributed by atoms with Crippen LogP contribution in [0.2, 0.25) is 0 Å². The second-order valence-corrected chi connectivity index (χ2v) is 4.59. The minimum Gasteiger partial charge on any atom is -0.398 e. The van der Waals surface area contributed by atoms with Crippen LogP contribution in [-0.4, -0.2) is 36.4 Å². The summed E-state index contributed by atoms with van der Waals surface area (Å²) in [6.07, 6.45) is 3.95. The second kappa shape index (κ2) is 5.56. The number of nitrogens with one attached hydrogen (secondary N) is 1. The number of fused-ring (bicyclic) bond motifs is 1. The standard InChI is InChI=1S/C14H18N4O/c1-18(2)14(19)6-8-17-13-4-3-12(15)11-9-16-7-5-10(11)13/h3-5,7,9,17H,6,8,15H2,1-2H3. The van der Waals surface area contributed by atoms with Gasteiger partial charge in [0.2, 0.25) is 5.91 Å². The summed E-state index contributed by atoms with van der Waals surface area (Å²) in [7, 11) is 3.51. The van der Waals surface area contributed by atoms with Crippen molar-refractivity contribution in [3.63, 3.8) is 0 Å². The first-order valence-electron chi connectivity index (χ1n) is 6.16. The number of benzene rings is 1. The molecule has 0 aliphatic carbocycles. The molecule has 0 bridgehead atoms. The average molecular weight is 258 g/mol. The van der Waals surface area contributed by atoms with Crippen molar-refractivity contribution in [1.82, 2.24) is 9.88 Å². The fraction of sp³-hybridized carbons (Fsp3) is 0.286. The van der Waals surface area contributed by atoms with Crippen LogP contribution >= 0.6 is 0 Å². The first-order chi connectivity index (χ1) is 9.09. The van der Waals surface area contributed by atoms with E-state index < -0.39 is 0 Å². The Morgan fingerprint density at radius 2 is 2.11 bits per heavy atom. The normalized spacial score (nSPS) is 10.4. The Morgan fingerprint density at radius 3 is 2.84 bits per heavy atom. The van der Waals surface area contributed by atoms with Crippen LogP contribution in [0.15, 0.2) is 30.6 Å². The molecule has 5 nitrogen and oxygen atoms in total. The van der Waals surface area contributed by atoms with E-state index in [1.54, 1.807) is 31.4 Å². The summed E-state index contributed by atoms with van der Waals surface area (Å²) in [5, 5.41) is 5.21. The number of anilines is 2. The first-order valence-corrected chi connectivity index (χ1v) is 6.16. The minimum atomic E-state index is 0.105. The van der Waals surface area contributed by atoms with Crippen molar-refractivity contribution in [3.05, 3.63) is 30.6 Å². The fourth-order valence-corrected chi connectivity index (χ4v) is 1.89. The fourth-order valence-electron chi connectivity index (χ4n) is 1.89. The van der Waals surface area contributed by atoms with Crippen LogP contribution in [0.4, 0.5) is 11.4 Å². The number of carbonyl (C=O) groups is 1. The Morgan fingerprint density at radius 1 is 1.32 bits per heavy atom. The molecule has 1 aromatic carbocycles. The minimum absolute atomic E-state index is 0.105. The molecule has 0 aliphatic rings. The molecule has 1 amide bonds. The number of nitrogen functional groups attached to an aromatic ring is 1. The number of aromatic nitrogens is 1. The molecule has 2 rings (SSSR count). The molecule has 1 heterocycles. The molecule has 0 atom stereocenters. The van der Waals surface area contributed by atoms with Crippen LogP contribution in [0.3, 0.4) is 0 Å². The molecular formula is C14H18N4O. The summed E-state index contributed by atoms with van der Waals surface area (Å²) < 4.78 is 0. The average Bonchev–Trinajstić information content (AvgIpc) is 2.41. The predicted molar refractivity (Wildman–Crippen MR) is 78.0 cm³/mol. The molecular weight excluding hydrogens is 240 g/mol. The summed E-state index contributed by atoms with van der Waals surface area (Å²) in [4.78, 5) is 17.2. The number of carbonyl (C=O) groups excluding carboxylic acids is 1. The van der Waals surface area contributed by atoms with Crippen molar-refractivity contribution < 1.29 is 4.79 Å². The zero-order chi connectivity index (χ0) is 13.8. The van der Waals surface area contributed by atoms with E-state index in [4.69, 9.17) is 5.73 Å². The number of amides is 1.